The van der Waals surface area contributed by atoms with Crippen molar-refractivity contribution in [3.63, 3.8) is 0 Å². The quantitative estimate of drug-likeness (QED) is 0.355. The molecule has 1 N–H and O–H groups in total. The Hall–Kier alpha value is -4.26. The second-order valence-corrected chi connectivity index (χ2v) is 8.14. The number of hydrogen-bond donors (Lipinski definition) is 1. The minimum atomic E-state index is -0.819. The predicted molar refractivity (Wildman–Crippen MR) is 126 cm³/mol. The van der Waals surface area contributed by atoms with Gasteiger partial charge >= 0.3 is 0 Å². The van der Waals surface area contributed by atoms with Crippen LogP contribution in [0.5, 0.6) is 17.2 Å². The van der Waals surface area contributed by atoms with Crippen molar-refractivity contribution in [1.82, 2.24) is 0 Å². The highest BCUT2D eigenvalue weighted by Crippen LogP contribution is 2.43. The van der Waals surface area contributed by atoms with E-state index in [1.54, 1.807) is 42.5 Å². The van der Waals surface area contributed by atoms with E-state index in [1.165, 1.54) is 12.0 Å². The Labute approximate surface area is 196 Å². The van der Waals surface area contributed by atoms with Gasteiger partial charge in [0, 0.05) is 17.3 Å². The molecule has 0 aromatic heterocycles. The number of ketones is 1. The zero-order valence-corrected chi connectivity index (χ0v) is 18.8. The number of carbonyl (C=O) groups is 2. The zero-order chi connectivity index (χ0) is 23.8. The lowest BCUT2D eigenvalue weighted by atomic mass is 9.94. The van der Waals surface area contributed by atoms with Crippen molar-refractivity contribution in [1.29, 1.82) is 0 Å². The third-order valence-corrected chi connectivity index (χ3v) is 5.95. The minimum absolute atomic E-state index is 0.00935. The first kappa shape index (κ1) is 21.6. The molecule has 7 heteroatoms. The number of Topliss-reactive ketones (excluding diaryl/α,β-unsaturated/α-hetero) is 1. The molecule has 2 aliphatic rings. The number of fused-ring (bicyclic) bond motifs is 1. The molecule has 0 spiro atoms. The number of nitrogens with zero attached hydrogens (tertiary/aromatic N) is 1. The minimum Gasteiger partial charge on any atom is -0.507 e. The number of amides is 1. The highest BCUT2D eigenvalue weighted by Gasteiger charge is 2.47. The number of aryl methyl sites for hydroxylation is 1. The molecule has 5 rings (SSSR count). The summed E-state index contributed by atoms with van der Waals surface area (Å²) in [6, 6.07) is 18.6. The Morgan fingerprint density at radius 1 is 0.971 bits per heavy atom. The smallest absolute Gasteiger partial charge is 0.300 e. The average Bonchev–Trinajstić information content (AvgIpc) is 3.13. The lowest BCUT2D eigenvalue weighted by Crippen LogP contribution is -2.29. The first-order valence-corrected chi connectivity index (χ1v) is 10.9. The van der Waals surface area contributed by atoms with Crippen LogP contribution < -0.4 is 19.1 Å². The van der Waals surface area contributed by atoms with E-state index >= 15 is 0 Å². The summed E-state index contributed by atoms with van der Waals surface area (Å²) >= 11 is 0. The van der Waals surface area contributed by atoms with E-state index in [4.69, 9.17) is 14.2 Å². The van der Waals surface area contributed by atoms with Gasteiger partial charge in [0.25, 0.3) is 11.7 Å². The molecule has 1 amide bonds. The Kier molecular flexibility index (Phi) is 5.45. The normalized spacial score (nSPS) is 18.8. The van der Waals surface area contributed by atoms with Crippen molar-refractivity contribution in [2.45, 2.75) is 13.0 Å². The van der Waals surface area contributed by atoms with Crippen LogP contribution in [0.1, 0.15) is 22.7 Å². The number of methoxy groups -OCH3 is 1. The maximum Gasteiger partial charge on any atom is 0.300 e. The lowest BCUT2D eigenvalue weighted by Gasteiger charge is -2.26. The Bertz CT molecular complexity index is 1330. The number of anilines is 1. The van der Waals surface area contributed by atoms with Gasteiger partial charge in [-0.15, -0.1) is 0 Å². The number of aliphatic hydroxyl groups excluding tert-OH is 1. The van der Waals surface area contributed by atoms with Gasteiger partial charge in [-0.1, -0.05) is 35.9 Å². The highest BCUT2D eigenvalue weighted by molar-refractivity contribution is 6.51. The Morgan fingerprint density at radius 2 is 1.74 bits per heavy atom. The summed E-state index contributed by atoms with van der Waals surface area (Å²) in [6.45, 7) is 2.76. The fraction of sp³-hybridized carbons (Fsp3) is 0.185. The van der Waals surface area contributed by atoms with Crippen LogP contribution in [0.4, 0.5) is 5.69 Å². The van der Waals surface area contributed by atoms with Gasteiger partial charge in [0.15, 0.2) is 11.5 Å². The van der Waals surface area contributed by atoms with Crippen LogP contribution in [0.2, 0.25) is 0 Å². The largest absolute Gasteiger partial charge is 0.507 e. The molecular formula is C27H23NO6. The molecule has 7 nitrogen and oxygen atoms in total. The standard InChI is InChI=1S/C27H23NO6/c1-16-5-3-6-17(13-16)24-23(25(29)18-9-10-21-22(14-18)34-12-11-33-21)26(30)27(31)28(24)19-7-4-8-20(15-19)32-2/h3-10,13-15,24,29H,11-12H2,1-2H3/b25-23-. The molecule has 2 aliphatic heterocycles. The topological polar surface area (TPSA) is 85.3 Å². The van der Waals surface area contributed by atoms with Gasteiger partial charge in [-0.3, -0.25) is 14.5 Å². The SMILES string of the molecule is COc1cccc(N2C(=O)C(=O)/C(=C(\O)c3ccc4c(c3)OCCO4)C2c2cccc(C)c2)c1. The molecule has 1 saturated heterocycles. The molecule has 0 saturated carbocycles. The monoisotopic (exact) mass is 457 g/mol. The van der Waals surface area contributed by atoms with Gasteiger partial charge in [0.1, 0.15) is 24.7 Å². The van der Waals surface area contributed by atoms with Crippen molar-refractivity contribution in [2.75, 3.05) is 25.2 Å². The predicted octanol–water partition coefficient (Wildman–Crippen LogP) is 4.40. The van der Waals surface area contributed by atoms with E-state index in [-0.39, 0.29) is 11.3 Å². The molecule has 34 heavy (non-hydrogen) atoms. The van der Waals surface area contributed by atoms with Crippen LogP contribution >= 0.6 is 0 Å². The van der Waals surface area contributed by atoms with Gasteiger partial charge < -0.3 is 19.3 Å². The zero-order valence-electron chi connectivity index (χ0n) is 18.8. The molecule has 1 fully saturated rings. The van der Waals surface area contributed by atoms with Gasteiger partial charge in [-0.2, -0.15) is 0 Å². The van der Waals surface area contributed by atoms with Gasteiger partial charge in [0.2, 0.25) is 0 Å². The summed E-state index contributed by atoms with van der Waals surface area (Å²) in [6.07, 6.45) is 0. The van der Waals surface area contributed by atoms with E-state index < -0.39 is 17.7 Å². The highest BCUT2D eigenvalue weighted by atomic mass is 16.6. The summed E-state index contributed by atoms with van der Waals surface area (Å²) in [5.74, 6) is -0.165. The molecule has 1 unspecified atom stereocenters. The molecule has 2 heterocycles. The van der Waals surface area contributed by atoms with Crippen LogP contribution in [0.15, 0.2) is 72.3 Å². The molecule has 172 valence electrons. The number of benzene rings is 3. The first-order chi connectivity index (χ1) is 16.5. The van der Waals surface area contributed by atoms with Crippen molar-refractivity contribution < 1.29 is 28.9 Å². The van der Waals surface area contributed by atoms with Gasteiger partial charge in [-0.25, -0.2) is 0 Å². The molecular weight excluding hydrogens is 434 g/mol. The van der Waals surface area contributed by atoms with E-state index in [0.29, 0.717) is 47.3 Å². The first-order valence-electron chi connectivity index (χ1n) is 10.9. The second kappa shape index (κ2) is 8.59. The van der Waals surface area contributed by atoms with Crippen molar-refractivity contribution >= 4 is 23.1 Å². The molecule has 0 radical (unpaired) electrons. The van der Waals surface area contributed by atoms with Crippen LogP contribution in [0, 0.1) is 6.92 Å². The maximum absolute atomic E-state index is 13.3. The number of carbonyl (C=O) groups excluding carboxylic acids is 2. The summed E-state index contributed by atoms with van der Waals surface area (Å²) in [7, 11) is 1.53. The molecule has 0 bridgehead atoms. The number of rotatable bonds is 4. The van der Waals surface area contributed by atoms with E-state index in [0.717, 1.165) is 5.56 Å². The lowest BCUT2D eigenvalue weighted by molar-refractivity contribution is -0.132. The molecule has 0 aliphatic carbocycles. The van der Waals surface area contributed by atoms with E-state index in [1.807, 2.05) is 31.2 Å². The average molecular weight is 457 g/mol. The van der Waals surface area contributed by atoms with Crippen molar-refractivity contribution in [2.24, 2.45) is 0 Å². The van der Waals surface area contributed by atoms with Crippen molar-refractivity contribution in [3.05, 3.63) is 89.0 Å². The van der Waals surface area contributed by atoms with E-state index in [2.05, 4.69) is 0 Å². The molecule has 1 atom stereocenters. The van der Waals surface area contributed by atoms with Gasteiger partial charge in [-0.05, 0) is 42.8 Å². The molecule has 3 aromatic rings. The van der Waals surface area contributed by atoms with Crippen LogP contribution in [0.3, 0.4) is 0 Å². The molecule has 3 aromatic carbocycles. The van der Waals surface area contributed by atoms with Crippen LogP contribution in [-0.4, -0.2) is 37.1 Å². The van der Waals surface area contributed by atoms with E-state index in [9.17, 15) is 14.7 Å². The Morgan fingerprint density at radius 3 is 2.50 bits per heavy atom. The maximum atomic E-state index is 13.3. The fourth-order valence-corrected chi connectivity index (χ4v) is 4.36. The van der Waals surface area contributed by atoms with Crippen molar-refractivity contribution in [3.8, 4) is 17.2 Å². The summed E-state index contributed by atoms with van der Waals surface area (Å²) in [4.78, 5) is 28.0. The third-order valence-electron chi connectivity index (χ3n) is 5.95. The van der Waals surface area contributed by atoms with Crippen LogP contribution in [0.25, 0.3) is 5.76 Å². The third kappa shape index (κ3) is 3.65. The fourth-order valence-electron chi connectivity index (χ4n) is 4.36. The number of hydrogen-bond acceptors (Lipinski definition) is 6. The van der Waals surface area contributed by atoms with Crippen LogP contribution in [-0.2, 0) is 9.59 Å². The second-order valence-electron chi connectivity index (χ2n) is 8.14. The van der Waals surface area contributed by atoms with Gasteiger partial charge in [0.05, 0.1) is 18.7 Å². The number of ether oxygens (including phenoxy) is 3. The summed E-state index contributed by atoms with van der Waals surface area (Å²) in [5, 5.41) is 11.3. The summed E-state index contributed by atoms with van der Waals surface area (Å²) in [5.41, 5.74) is 2.55. The Balaban J connectivity index is 1.70. The summed E-state index contributed by atoms with van der Waals surface area (Å²) < 4.78 is 16.5. The number of aliphatic hydroxyl groups is 1.